The lowest BCUT2D eigenvalue weighted by molar-refractivity contribution is -0.620. The smallest absolute Gasteiger partial charge is 0.182 e. The number of carbonyl (C=O) groups is 1. The summed E-state index contributed by atoms with van der Waals surface area (Å²) in [6, 6.07) is 8.33. The van der Waals surface area contributed by atoms with E-state index in [1.54, 1.807) is 6.92 Å². The standard InChI is InChI=1S/C22H34N2O3.C4H6O4/c1-18-6-4-11-23(18)12-5-15-27-20-9-7-19(8-10-20)21(25)22(2,3)24-13-16-26-17-14-24;1-2-3-4-6-8-7-5/h7-10,18H,4-6,11-17H2,1-3H3;5H,4H2,1H3/t18-;/m1./s1. The third-order valence-corrected chi connectivity index (χ3v) is 6.41. The van der Waals surface area contributed by atoms with Gasteiger partial charge in [-0.2, -0.15) is 4.89 Å². The van der Waals surface area contributed by atoms with E-state index in [-0.39, 0.29) is 12.4 Å². The van der Waals surface area contributed by atoms with Crippen molar-refractivity contribution in [3.63, 3.8) is 0 Å². The van der Waals surface area contributed by atoms with Crippen molar-refractivity contribution in [2.75, 3.05) is 52.6 Å². The topological polar surface area (TPSA) is 89.9 Å². The highest BCUT2D eigenvalue weighted by molar-refractivity contribution is 6.02. The van der Waals surface area contributed by atoms with Crippen molar-refractivity contribution >= 4 is 5.78 Å². The number of ketones is 1. The van der Waals surface area contributed by atoms with E-state index < -0.39 is 5.54 Å². The van der Waals surface area contributed by atoms with E-state index in [1.807, 2.05) is 38.1 Å². The first kappa shape index (κ1) is 29.2. The van der Waals surface area contributed by atoms with Gasteiger partial charge in [-0.05, 0) is 87.8 Å². The van der Waals surface area contributed by atoms with Crippen molar-refractivity contribution in [2.45, 2.75) is 58.5 Å². The molecule has 3 rings (SSSR count). The van der Waals surface area contributed by atoms with Crippen molar-refractivity contribution in [3.8, 4) is 17.6 Å². The molecule has 1 N–H and O–H groups in total. The summed E-state index contributed by atoms with van der Waals surface area (Å²) in [6.07, 6.45) is 3.67. The Morgan fingerprint density at radius 2 is 1.91 bits per heavy atom. The summed E-state index contributed by atoms with van der Waals surface area (Å²) in [7, 11) is 0. The number of carbonyl (C=O) groups excluding carboxylic acids is 1. The molecule has 0 unspecified atom stereocenters. The van der Waals surface area contributed by atoms with Crippen LogP contribution >= 0.6 is 0 Å². The van der Waals surface area contributed by atoms with Crippen LogP contribution in [-0.2, 0) is 19.7 Å². The highest BCUT2D eigenvalue weighted by Gasteiger charge is 2.35. The summed E-state index contributed by atoms with van der Waals surface area (Å²) in [5.74, 6) is 6.02. The second-order valence-electron chi connectivity index (χ2n) is 9.07. The Hall–Kier alpha value is -2.03. The summed E-state index contributed by atoms with van der Waals surface area (Å²) in [5, 5.41) is 14.2. The van der Waals surface area contributed by atoms with E-state index in [2.05, 4.69) is 43.5 Å². The number of nitrogens with zero attached hydrogens (tertiary/aromatic N) is 2. The quantitative estimate of drug-likeness (QED) is 0.164. The van der Waals surface area contributed by atoms with Gasteiger partial charge in [0, 0.05) is 31.2 Å². The second kappa shape index (κ2) is 15.9. The van der Waals surface area contributed by atoms with Crippen molar-refractivity contribution in [2.24, 2.45) is 0 Å². The molecule has 0 aliphatic carbocycles. The van der Waals surface area contributed by atoms with Gasteiger partial charge in [0.1, 0.15) is 12.4 Å². The van der Waals surface area contributed by atoms with Crippen molar-refractivity contribution in [1.82, 2.24) is 9.80 Å². The fourth-order valence-corrected chi connectivity index (χ4v) is 4.25. The van der Waals surface area contributed by atoms with Crippen LogP contribution in [0.1, 0.15) is 57.3 Å². The lowest BCUT2D eigenvalue weighted by Crippen LogP contribution is -2.54. The molecule has 0 radical (unpaired) electrons. The van der Waals surface area contributed by atoms with E-state index in [4.69, 9.17) is 14.7 Å². The molecule has 1 aromatic rings. The predicted molar refractivity (Wildman–Crippen MR) is 132 cm³/mol. The van der Waals surface area contributed by atoms with Crippen LogP contribution < -0.4 is 4.74 Å². The van der Waals surface area contributed by atoms with E-state index in [1.165, 1.54) is 19.4 Å². The minimum absolute atomic E-state index is 0.0804. The second-order valence-corrected chi connectivity index (χ2v) is 9.07. The molecule has 1 atom stereocenters. The van der Waals surface area contributed by atoms with Crippen LogP contribution in [0.2, 0.25) is 0 Å². The van der Waals surface area contributed by atoms with Gasteiger partial charge in [-0.1, -0.05) is 5.92 Å². The number of likely N-dealkylation sites (tertiary alicyclic amines) is 1. The molecule has 0 amide bonds. The summed E-state index contributed by atoms with van der Waals surface area (Å²) >= 11 is 0. The normalized spacial score (nSPS) is 18.8. The lowest BCUT2D eigenvalue weighted by Gasteiger charge is -2.39. The third kappa shape index (κ3) is 9.86. The molecule has 0 bridgehead atoms. The van der Waals surface area contributed by atoms with Gasteiger partial charge in [0.25, 0.3) is 0 Å². The average molecular weight is 493 g/mol. The average Bonchev–Trinajstić information content (AvgIpc) is 3.30. The molecular formula is C26H40N2O7. The van der Waals surface area contributed by atoms with Gasteiger partial charge in [-0.25, -0.2) is 5.26 Å². The number of Topliss-reactive ketones (excluding diaryl/α,β-unsaturated/α-hetero) is 1. The minimum Gasteiger partial charge on any atom is -0.494 e. The molecule has 2 aliphatic heterocycles. The Labute approximate surface area is 209 Å². The molecule has 2 heterocycles. The van der Waals surface area contributed by atoms with Gasteiger partial charge >= 0.3 is 0 Å². The Balaban J connectivity index is 0.000000466. The molecule has 0 spiro atoms. The van der Waals surface area contributed by atoms with Gasteiger partial charge < -0.3 is 14.4 Å². The first-order chi connectivity index (χ1) is 16.9. The number of hydrogen-bond acceptors (Lipinski definition) is 9. The maximum atomic E-state index is 13.0. The molecular weight excluding hydrogens is 452 g/mol. The monoisotopic (exact) mass is 492 g/mol. The van der Waals surface area contributed by atoms with Crippen LogP contribution in [0.3, 0.4) is 0 Å². The zero-order valence-corrected chi connectivity index (χ0v) is 21.5. The highest BCUT2D eigenvalue weighted by atomic mass is 17.6. The number of rotatable bonds is 11. The van der Waals surface area contributed by atoms with Gasteiger partial charge in [0.15, 0.2) is 5.78 Å². The maximum absolute atomic E-state index is 13.0. The SMILES string of the molecule is CC#CCOOOO.C[C@@H]1CCCN1CCCOc1ccc(C(=O)C(C)(C)N2CCOCC2)cc1. The number of benzene rings is 1. The van der Waals surface area contributed by atoms with Crippen LogP contribution in [0.4, 0.5) is 0 Å². The number of morpholine rings is 1. The van der Waals surface area contributed by atoms with E-state index in [0.717, 1.165) is 44.0 Å². The zero-order valence-electron chi connectivity index (χ0n) is 21.5. The summed E-state index contributed by atoms with van der Waals surface area (Å²) in [5.41, 5.74) is 0.225. The lowest BCUT2D eigenvalue weighted by atomic mass is 9.91. The molecule has 9 heteroatoms. The van der Waals surface area contributed by atoms with Crippen LogP contribution in [0.5, 0.6) is 5.75 Å². The van der Waals surface area contributed by atoms with Crippen LogP contribution in [-0.4, -0.2) is 85.0 Å². The summed E-state index contributed by atoms with van der Waals surface area (Å²) < 4.78 is 11.3. The van der Waals surface area contributed by atoms with Gasteiger partial charge in [0.05, 0.1) is 25.4 Å². The van der Waals surface area contributed by atoms with Crippen molar-refractivity contribution in [3.05, 3.63) is 29.8 Å². The molecule has 2 saturated heterocycles. The molecule has 2 fully saturated rings. The van der Waals surface area contributed by atoms with Gasteiger partial charge in [-0.15, -0.1) is 5.92 Å². The number of hydrogen-bond donors (Lipinski definition) is 1. The highest BCUT2D eigenvalue weighted by Crippen LogP contribution is 2.23. The minimum atomic E-state index is -0.515. The Bertz CT molecular complexity index is 798. The predicted octanol–water partition coefficient (Wildman–Crippen LogP) is 3.60. The molecule has 196 valence electrons. The van der Waals surface area contributed by atoms with E-state index >= 15 is 0 Å². The number of ether oxygens (including phenoxy) is 2. The Morgan fingerprint density at radius 1 is 1.20 bits per heavy atom. The molecule has 0 aromatic heterocycles. The van der Waals surface area contributed by atoms with Gasteiger partial charge in [-0.3, -0.25) is 9.69 Å². The molecule has 1 aromatic carbocycles. The first-order valence-electron chi connectivity index (χ1n) is 12.2. The van der Waals surface area contributed by atoms with Crippen LogP contribution in [0, 0.1) is 11.8 Å². The van der Waals surface area contributed by atoms with Gasteiger partial charge in [0.2, 0.25) is 0 Å². The zero-order chi connectivity index (χ0) is 25.5. The van der Waals surface area contributed by atoms with Crippen LogP contribution in [0.25, 0.3) is 0 Å². The van der Waals surface area contributed by atoms with Crippen molar-refractivity contribution < 1.29 is 34.5 Å². The Morgan fingerprint density at radius 3 is 2.51 bits per heavy atom. The first-order valence-corrected chi connectivity index (χ1v) is 12.2. The fraction of sp³-hybridized carbons (Fsp3) is 0.654. The Kier molecular flexibility index (Phi) is 13.2. The van der Waals surface area contributed by atoms with E-state index in [0.29, 0.717) is 19.3 Å². The fourth-order valence-electron chi connectivity index (χ4n) is 4.25. The molecule has 9 nitrogen and oxygen atoms in total. The van der Waals surface area contributed by atoms with E-state index in [9.17, 15) is 4.79 Å². The molecule has 0 saturated carbocycles. The van der Waals surface area contributed by atoms with Crippen LogP contribution in [0.15, 0.2) is 24.3 Å². The third-order valence-electron chi connectivity index (χ3n) is 6.41. The largest absolute Gasteiger partial charge is 0.494 e. The molecule has 2 aliphatic rings. The molecule has 35 heavy (non-hydrogen) atoms. The van der Waals surface area contributed by atoms with Crippen molar-refractivity contribution in [1.29, 1.82) is 0 Å². The maximum Gasteiger partial charge on any atom is 0.182 e. The summed E-state index contributed by atoms with van der Waals surface area (Å²) in [4.78, 5) is 21.8. The summed E-state index contributed by atoms with van der Waals surface area (Å²) in [6.45, 7) is 14.1.